The Morgan fingerprint density at radius 2 is 1.56 bits per heavy atom. The fourth-order valence-corrected chi connectivity index (χ4v) is 2.61. The molecule has 0 fully saturated rings. The lowest BCUT2D eigenvalue weighted by Crippen LogP contribution is -2.05. The topological polar surface area (TPSA) is 68.3 Å². The summed E-state index contributed by atoms with van der Waals surface area (Å²) in [6.07, 6.45) is 0. The molecule has 1 aromatic heterocycles. The molecule has 0 saturated heterocycles. The maximum absolute atomic E-state index is 5.47. The third-order valence-corrected chi connectivity index (χ3v) is 3.91. The zero-order valence-electron chi connectivity index (χ0n) is 15.8. The first kappa shape index (κ1) is 18.5. The highest BCUT2D eigenvalue weighted by Crippen LogP contribution is 2.21. The van der Waals surface area contributed by atoms with Crippen LogP contribution in [0.3, 0.4) is 0 Å². The van der Waals surface area contributed by atoms with Gasteiger partial charge in [-0.1, -0.05) is 12.1 Å². The SMILES string of the molecule is CCOc1ccc(Nc2cc(NCc3ccc(OC)cc3)nc(C)n2)cc1. The van der Waals surface area contributed by atoms with Gasteiger partial charge in [0.15, 0.2) is 0 Å². The second kappa shape index (κ2) is 8.89. The zero-order chi connectivity index (χ0) is 19.1. The molecular formula is C21H24N4O2. The Morgan fingerprint density at radius 3 is 2.22 bits per heavy atom. The minimum Gasteiger partial charge on any atom is -0.497 e. The lowest BCUT2D eigenvalue weighted by Gasteiger charge is -2.11. The van der Waals surface area contributed by atoms with Gasteiger partial charge in [-0.3, -0.25) is 0 Å². The van der Waals surface area contributed by atoms with Gasteiger partial charge in [0.2, 0.25) is 0 Å². The van der Waals surface area contributed by atoms with Gasteiger partial charge < -0.3 is 20.1 Å². The number of hydrogen-bond acceptors (Lipinski definition) is 6. The van der Waals surface area contributed by atoms with E-state index in [4.69, 9.17) is 9.47 Å². The lowest BCUT2D eigenvalue weighted by atomic mass is 10.2. The summed E-state index contributed by atoms with van der Waals surface area (Å²) in [7, 11) is 1.66. The summed E-state index contributed by atoms with van der Waals surface area (Å²) >= 11 is 0. The highest BCUT2D eigenvalue weighted by Gasteiger charge is 2.04. The standard InChI is InChI=1S/C21H24N4O2/c1-4-27-19-11-7-17(8-12-19)25-21-13-20(23-15(2)24-21)22-14-16-5-9-18(26-3)10-6-16/h5-13H,4,14H2,1-3H3,(H2,22,23,24,25). The van der Waals surface area contributed by atoms with E-state index >= 15 is 0 Å². The molecule has 0 bridgehead atoms. The molecule has 2 N–H and O–H groups in total. The first-order valence-electron chi connectivity index (χ1n) is 8.88. The molecule has 6 nitrogen and oxygen atoms in total. The van der Waals surface area contributed by atoms with Gasteiger partial charge in [-0.25, -0.2) is 9.97 Å². The van der Waals surface area contributed by atoms with Crippen LogP contribution in [0.5, 0.6) is 11.5 Å². The van der Waals surface area contributed by atoms with Crippen molar-refractivity contribution in [1.29, 1.82) is 0 Å². The summed E-state index contributed by atoms with van der Waals surface area (Å²) in [6, 6.07) is 17.6. The third-order valence-electron chi connectivity index (χ3n) is 3.91. The average Bonchev–Trinajstić information content (AvgIpc) is 2.68. The van der Waals surface area contributed by atoms with Gasteiger partial charge in [-0.15, -0.1) is 0 Å². The lowest BCUT2D eigenvalue weighted by molar-refractivity contribution is 0.340. The van der Waals surface area contributed by atoms with Gasteiger partial charge in [0.25, 0.3) is 0 Å². The molecule has 140 valence electrons. The molecule has 3 aromatic rings. The van der Waals surface area contributed by atoms with E-state index in [1.54, 1.807) is 7.11 Å². The molecule has 0 radical (unpaired) electrons. The maximum Gasteiger partial charge on any atom is 0.136 e. The summed E-state index contributed by atoms with van der Waals surface area (Å²) in [5.74, 6) is 3.90. The van der Waals surface area contributed by atoms with E-state index < -0.39 is 0 Å². The smallest absolute Gasteiger partial charge is 0.136 e. The summed E-state index contributed by atoms with van der Waals surface area (Å²) < 4.78 is 10.7. The molecule has 0 spiro atoms. The molecule has 6 heteroatoms. The monoisotopic (exact) mass is 364 g/mol. The molecule has 0 amide bonds. The Bertz CT molecular complexity index is 864. The van der Waals surface area contributed by atoms with Crippen LogP contribution in [0.1, 0.15) is 18.3 Å². The number of aromatic nitrogens is 2. The average molecular weight is 364 g/mol. The van der Waals surface area contributed by atoms with E-state index in [0.717, 1.165) is 34.4 Å². The molecule has 0 atom stereocenters. The van der Waals surface area contributed by atoms with Crippen molar-refractivity contribution >= 4 is 17.3 Å². The van der Waals surface area contributed by atoms with E-state index in [1.807, 2.05) is 68.4 Å². The largest absolute Gasteiger partial charge is 0.497 e. The molecular weight excluding hydrogens is 340 g/mol. The molecule has 0 aliphatic rings. The number of nitrogens with zero attached hydrogens (tertiary/aromatic N) is 2. The van der Waals surface area contributed by atoms with Crippen molar-refractivity contribution in [2.24, 2.45) is 0 Å². The van der Waals surface area contributed by atoms with Crippen molar-refractivity contribution in [1.82, 2.24) is 9.97 Å². The minimum absolute atomic E-state index is 0.654. The van der Waals surface area contributed by atoms with Gasteiger partial charge in [0.05, 0.1) is 13.7 Å². The number of rotatable bonds is 8. The van der Waals surface area contributed by atoms with Crippen LogP contribution >= 0.6 is 0 Å². The van der Waals surface area contributed by atoms with Gasteiger partial charge in [0, 0.05) is 18.3 Å². The number of hydrogen-bond donors (Lipinski definition) is 2. The number of nitrogens with one attached hydrogen (secondary N) is 2. The van der Waals surface area contributed by atoms with Crippen LogP contribution in [0, 0.1) is 6.92 Å². The van der Waals surface area contributed by atoms with Crippen molar-refractivity contribution in [2.45, 2.75) is 20.4 Å². The van der Waals surface area contributed by atoms with Crippen LogP contribution in [-0.4, -0.2) is 23.7 Å². The summed E-state index contributed by atoms with van der Waals surface area (Å²) in [5.41, 5.74) is 2.09. The quantitative estimate of drug-likeness (QED) is 0.611. The van der Waals surface area contributed by atoms with E-state index in [1.165, 1.54) is 0 Å². The molecule has 0 aliphatic heterocycles. The van der Waals surface area contributed by atoms with Crippen LogP contribution in [0.15, 0.2) is 54.6 Å². The maximum atomic E-state index is 5.47. The Morgan fingerprint density at radius 1 is 0.889 bits per heavy atom. The Hall–Kier alpha value is -3.28. The highest BCUT2D eigenvalue weighted by molar-refractivity contribution is 5.60. The fraction of sp³-hybridized carbons (Fsp3) is 0.238. The molecule has 27 heavy (non-hydrogen) atoms. The Labute approximate surface area is 159 Å². The predicted molar refractivity (Wildman–Crippen MR) is 108 cm³/mol. The van der Waals surface area contributed by atoms with Crippen LogP contribution < -0.4 is 20.1 Å². The second-order valence-corrected chi connectivity index (χ2v) is 5.97. The highest BCUT2D eigenvalue weighted by atomic mass is 16.5. The second-order valence-electron chi connectivity index (χ2n) is 5.97. The van der Waals surface area contributed by atoms with Crippen molar-refractivity contribution < 1.29 is 9.47 Å². The van der Waals surface area contributed by atoms with Gasteiger partial charge in [0.1, 0.15) is 29.0 Å². The van der Waals surface area contributed by atoms with E-state index in [2.05, 4.69) is 20.6 Å². The van der Waals surface area contributed by atoms with Crippen molar-refractivity contribution in [2.75, 3.05) is 24.4 Å². The summed E-state index contributed by atoms with van der Waals surface area (Å²) in [6.45, 7) is 5.17. The van der Waals surface area contributed by atoms with E-state index in [9.17, 15) is 0 Å². The van der Waals surface area contributed by atoms with Crippen molar-refractivity contribution in [3.63, 3.8) is 0 Å². The van der Waals surface area contributed by atoms with E-state index in [-0.39, 0.29) is 0 Å². The summed E-state index contributed by atoms with van der Waals surface area (Å²) in [4.78, 5) is 8.91. The number of benzene rings is 2. The van der Waals surface area contributed by atoms with Gasteiger partial charge >= 0.3 is 0 Å². The molecule has 3 rings (SSSR count). The van der Waals surface area contributed by atoms with Crippen molar-refractivity contribution in [3.05, 3.63) is 66.0 Å². The normalized spacial score (nSPS) is 10.3. The van der Waals surface area contributed by atoms with Crippen LogP contribution in [-0.2, 0) is 6.54 Å². The molecule has 0 aliphatic carbocycles. The number of methoxy groups -OCH3 is 1. The Kier molecular flexibility index (Phi) is 6.10. The van der Waals surface area contributed by atoms with Crippen LogP contribution in [0.25, 0.3) is 0 Å². The number of anilines is 3. The molecule has 0 saturated carbocycles. The minimum atomic E-state index is 0.654. The zero-order valence-corrected chi connectivity index (χ0v) is 15.8. The number of aryl methyl sites for hydroxylation is 1. The molecule has 2 aromatic carbocycles. The Balaban J connectivity index is 1.66. The molecule has 1 heterocycles. The van der Waals surface area contributed by atoms with Crippen LogP contribution in [0.4, 0.5) is 17.3 Å². The molecule has 0 unspecified atom stereocenters. The number of ether oxygens (including phenoxy) is 2. The fourth-order valence-electron chi connectivity index (χ4n) is 2.61. The van der Waals surface area contributed by atoms with Crippen LogP contribution in [0.2, 0.25) is 0 Å². The van der Waals surface area contributed by atoms with E-state index in [0.29, 0.717) is 19.0 Å². The third kappa shape index (κ3) is 5.34. The van der Waals surface area contributed by atoms with Crippen molar-refractivity contribution in [3.8, 4) is 11.5 Å². The predicted octanol–water partition coefficient (Wildman–Crippen LogP) is 4.55. The van der Waals surface area contributed by atoms with Gasteiger partial charge in [-0.2, -0.15) is 0 Å². The first-order valence-corrected chi connectivity index (χ1v) is 8.88. The summed E-state index contributed by atoms with van der Waals surface area (Å²) in [5, 5.41) is 6.64. The first-order chi connectivity index (χ1) is 13.2. The van der Waals surface area contributed by atoms with Gasteiger partial charge in [-0.05, 0) is 55.8 Å².